The van der Waals surface area contributed by atoms with Gasteiger partial charge in [0, 0.05) is 6.04 Å². The Morgan fingerprint density at radius 3 is 2.52 bits per heavy atom. The van der Waals surface area contributed by atoms with Crippen LogP contribution in [-0.2, 0) is 0 Å². The van der Waals surface area contributed by atoms with Gasteiger partial charge in [0.1, 0.15) is 0 Å². The van der Waals surface area contributed by atoms with Crippen LogP contribution < -0.4 is 5.73 Å². The number of nitrogens with two attached hydrogens (primary N) is 1. The van der Waals surface area contributed by atoms with Crippen molar-refractivity contribution in [1.82, 2.24) is 15.0 Å². The molecule has 114 valence electrons. The van der Waals surface area contributed by atoms with Crippen LogP contribution in [0.4, 0.5) is 0 Å². The average molecular weight is 286 g/mol. The molecular weight excluding hydrogens is 260 g/mol. The Balaban J connectivity index is 1.86. The third kappa shape index (κ3) is 4.67. The van der Waals surface area contributed by atoms with Crippen LogP contribution in [0.3, 0.4) is 0 Å². The Hall–Kier alpha value is -1.68. The molecule has 0 saturated carbocycles. The molecule has 0 aliphatic carbocycles. The zero-order chi connectivity index (χ0) is 14.9. The van der Waals surface area contributed by atoms with Crippen LogP contribution in [0, 0.1) is 0 Å². The highest BCUT2D eigenvalue weighted by atomic mass is 15.4. The van der Waals surface area contributed by atoms with E-state index in [0.717, 1.165) is 17.8 Å². The molecule has 2 N–H and O–H groups in total. The molecule has 0 aliphatic rings. The minimum atomic E-state index is 0.00591. The summed E-state index contributed by atoms with van der Waals surface area (Å²) in [6.07, 6.45) is 10.5. The van der Waals surface area contributed by atoms with Crippen molar-refractivity contribution in [2.75, 3.05) is 0 Å². The lowest BCUT2D eigenvalue weighted by atomic mass is 10.0. The van der Waals surface area contributed by atoms with Crippen LogP contribution in [0.2, 0.25) is 0 Å². The Kier molecular flexibility index (Phi) is 6.41. The molecule has 1 aromatic heterocycles. The SMILES string of the molecule is CCCCCCCCC(N)c1cnnn1-c1ccccc1. The molecular formula is C17H26N4. The first kappa shape index (κ1) is 15.7. The van der Waals surface area contributed by atoms with Crippen LogP contribution in [0.1, 0.15) is 63.6 Å². The van der Waals surface area contributed by atoms with Crippen LogP contribution in [0.25, 0.3) is 5.69 Å². The summed E-state index contributed by atoms with van der Waals surface area (Å²) in [6.45, 7) is 2.24. The highest BCUT2D eigenvalue weighted by molar-refractivity contribution is 5.32. The fourth-order valence-corrected chi connectivity index (χ4v) is 2.56. The number of benzene rings is 1. The zero-order valence-corrected chi connectivity index (χ0v) is 12.9. The van der Waals surface area contributed by atoms with Gasteiger partial charge in [-0.05, 0) is 18.6 Å². The monoisotopic (exact) mass is 286 g/mol. The zero-order valence-electron chi connectivity index (χ0n) is 12.9. The van der Waals surface area contributed by atoms with Crippen molar-refractivity contribution < 1.29 is 0 Å². The van der Waals surface area contributed by atoms with E-state index in [-0.39, 0.29) is 6.04 Å². The molecule has 1 unspecified atom stereocenters. The standard InChI is InChI=1S/C17H26N4/c1-2-3-4-5-6-10-13-16(18)17-14-19-20-21(17)15-11-8-7-9-12-15/h7-9,11-12,14,16H,2-6,10,13,18H2,1H3. The van der Waals surface area contributed by atoms with Crippen LogP contribution in [0.15, 0.2) is 36.5 Å². The molecule has 1 atom stereocenters. The number of rotatable bonds is 9. The molecule has 21 heavy (non-hydrogen) atoms. The molecule has 1 heterocycles. The lowest BCUT2D eigenvalue weighted by Gasteiger charge is -2.13. The van der Waals surface area contributed by atoms with E-state index in [1.165, 1.54) is 38.5 Å². The molecule has 4 heteroatoms. The molecule has 1 aromatic carbocycles. The van der Waals surface area contributed by atoms with E-state index < -0.39 is 0 Å². The summed E-state index contributed by atoms with van der Waals surface area (Å²) in [6, 6.07) is 10.0. The number of para-hydroxylation sites is 1. The fourth-order valence-electron chi connectivity index (χ4n) is 2.56. The van der Waals surface area contributed by atoms with E-state index in [0.29, 0.717) is 0 Å². The van der Waals surface area contributed by atoms with Crippen molar-refractivity contribution in [3.63, 3.8) is 0 Å². The second kappa shape index (κ2) is 8.57. The molecule has 2 aromatic rings. The van der Waals surface area contributed by atoms with Crippen molar-refractivity contribution in [3.05, 3.63) is 42.2 Å². The topological polar surface area (TPSA) is 56.7 Å². The smallest absolute Gasteiger partial charge is 0.0812 e. The number of unbranched alkanes of at least 4 members (excludes halogenated alkanes) is 5. The van der Waals surface area contributed by atoms with Gasteiger partial charge in [0.2, 0.25) is 0 Å². The first-order chi connectivity index (χ1) is 10.3. The van der Waals surface area contributed by atoms with Gasteiger partial charge in [-0.2, -0.15) is 0 Å². The fraction of sp³-hybridized carbons (Fsp3) is 0.529. The Labute approximate surface area is 127 Å². The summed E-state index contributed by atoms with van der Waals surface area (Å²) in [5.74, 6) is 0. The number of hydrogen-bond acceptors (Lipinski definition) is 3. The summed E-state index contributed by atoms with van der Waals surface area (Å²) >= 11 is 0. The van der Waals surface area contributed by atoms with Gasteiger partial charge in [-0.1, -0.05) is 68.9 Å². The first-order valence-electron chi connectivity index (χ1n) is 8.04. The maximum absolute atomic E-state index is 6.32. The highest BCUT2D eigenvalue weighted by Crippen LogP contribution is 2.19. The third-order valence-electron chi connectivity index (χ3n) is 3.83. The molecule has 0 saturated heterocycles. The normalized spacial score (nSPS) is 12.5. The van der Waals surface area contributed by atoms with Gasteiger partial charge < -0.3 is 5.73 Å². The van der Waals surface area contributed by atoms with Crippen molar-refractivity contribution in [2.24, 2.45) is 5.73 Å². The van der Waals surface area contributed by atoms with Gasteiger partial charge in [-0.3, -0.25) is 0 Å². The minimum Gasteiger partial charge on any atom is -0.323 e. The summed E-state index contributed by atoms with van der Waals surface area (Å²) in [5.41, 5.74) is 8.33. The molecule has 0 radical (unpaired) electrons. The lowest BCUT2D eigenvalue weighted by Crippen LogP contribution is -2.15. The minimum absolute atomic E-state index is 0.00591. The highest BCUT2D eigenvalue weighted by Gasteiger charge is 2.13. The molecule has 4 nitrogen and oxygen atoms in total. The van der Waals surface area contributed by atoms with Gasteiger partial charge in [0.15, 0.2) is 0 Å². The molecule has 0 fully saturated rings. The van der Waals surface area contributed by atoms with Gasteiger partial charge in [-0.25, -0.2) is 4.68 Å². The molecule has 0 bridgehead atoms. The largest absolute Gasteiger partial charge is 0.323 e. The second-order valence-electron chi connectivity index (χ2n) is 5.57. The van der Waals surface area contributed by atoms with Crippen molar-refractivity contribution in [1.29, 1.82) is 0 Å². The van der Waals surface area contributed by atoms with E-state index in [9.17, 15) is 0 Å². The van der Waals surface area contributed by atoms with Crippen molar-refractivity contribution >= 4 is 0 Å². The van der Waals surface area contributed by atoms with Gasteiger partial charge >= 0.3 is 0 Å². The van der Waals surface area contributed by atoms with Crippen LogP contribution in [-0.4, -0.2) is 15.0 Å². The van der Waals surface area contributed by atoms with E-state index in [2.05, 4.69) is 17.2 Å². The maximum Gasteiger partial charge on any atom is 0.0812 e. The van der Waals surface area contributed by atoms with Crippen molar-refractivity contribution in [2.45, 2.75) is 57.9 Å². The van der Waals surface area contributed by atoms with E-state index in [4.69, 9.17) is 5.73 Å². The maximum atomic E-state index is 6.32. The second-order valence-corrected chi connectivity index (χ2v) is 5.57. The summed E-state index contributed by atoms with van der Waals surface area (Å²) in [5, 5.41) is 8.18. The van der Waals surface area contributed by atoms with Crippen LogP contribution in [0.5, 0.6) is 0 Å². The number of aromatic nitrogens is 3. The molecule has 0 amide bonds. The van der Waals surface area contributed by atoms with E-state index in [1.54, 1.807) is 6.20 Å². The Morgan fingerprint density at radius 2 is 1.76 bits per heavy atom. The first-order valence-corrected chi connectivity index (χ1v) is 8.04. The average Bonchev–Trinajstić information content (AvgIpc) is 3.01. The number of nitrogens with zero attached hydrogens (tertiary/aromatic N) is 3. The summed E-state index contributed by atoms with van der Waals surface area (Å²) < 4.78 is 1.85. The Morgan fingerprint density at radius 1 is 1.05 bits per heavy atom. The summed E-state index contributed by atoms with van der Waals surface area (Å²) in [7, 11) is 0. The van der Waals surface area contributed by atoms with Gasteiger partial charge in [0.25, 0.3) is 0 Å². The predicted octanol–water partition coefficient (Wildman–Crippen LogP) is 4.02. The lowest BCUT2D eigenvalue weighted by molar-refractivity contribution is 0.532. The molecule has 2 rings (SSSR count). The third-order valence-corrected chi connectivity index (χ3v) is 3.83. The van der Waals surface area contributed by atoms with E-state index >= 15 is 0 Å². The molecule has 0 spiro atoms. The van der Waals surface area contributed by atoms with Crippen LogP contribution >= 0.6 is 0 Å². The summed E-state index contributed by atoms with van der Waals surface area (Å²) in [4.78, 5) is 0. The Bertz CT molecular complexity index is 507. The van der Waals surface area contributed by atoms with Gasteiger partial charge in [0.05, 0.1) is 17.6 Å². The van der Waals surface area contributed by atoms with E-state index in [1.807, 2.05) is 35.0 Å². The quantitative estimate of drug-likeness (QED) is 0.708. The molecule has 0 aliphatic heterocycles. The van der Waals surface area contributed by atoms with Crippen molar-refractivity contribution in [3.8, 4) is 5.69 Å². The van der Waals surface area contributed by atoms with Gasteiger partial charge in [-0.15, -0.1) is 5.10 Å². The number of hydrogen-bond donors (Lipinski definition) is 1. The predicted molar refractivity (Wildman–Crippen MR) is 86.3 cm³/mol.